The Labute approximate surface area is 206 Å². The summed E-state index contributed by atoms with van der Waals surface area (Å²) in [4.78, 5) is 12.1. The van der Waals surface area contributed by atoms with Gasteiger partial charge in [0.05, 0.1) is 26.2 Å². The number of carbonyl (C=O) groups is 1. The third-order valence-corrected chi connectivity index (χ3v) is 5.99. The molecule has 0 bridgehead atoms. The molecule has 0 fully saturated rings. The van der Waals surface area contributed by atoms with Crippen LogP contribution in [0.5, 0.6) is 5.75 Å². The molecule has 1 amide bonds. The number of nitrogens with zero attached hydrogens (tertiary/aromatic N) is 1. The van der Waals surface area contributed by atoms with Gasteiger partial charge in [-0.05, 0) is 75.6 Å². The zero-order valence-electron chi connectivity index (χ0n) is 15.8. The van der Waals surface area contributed by atoms with Crippen molar-refractivity contribution >= 4 is 78.3 Å². The monoisotopic (exact) mass is 578 g/mol. The van der Waals surface area contributed by atoms with Gasteiger partial charge in [0.1, 0.15) is 5.75 Å². The normalized spacial score (nSPS) is 11.0. The number of ether oxygens (including phenoxy) is 1. The van der Waals surface area contributed by atoms with Gasteiger partial charge in [0, 0.05) is 10.2 Å². The number of nitriles is 1. The van der Waals surface area contributed by atoms with E-state index in [9.17, 15) is 10.1 Å². The molecule has 31 heavy (non-hydrogen) atoms. The topological polar surface area (TPSA) is 62.1 Å². The summed E-state index contributed by atoms with van der Waals surface area (Å²) in [6.07, 6.45) is 1.79. The van der Waals surface area contributed by atoms with E-state index < -0.39 is 0 Å². The van der Waals surface area contributed by atoms with Gasteiger partial charge in [-0.3, -0.25) is 4.79 Å². The molecule has 0 spiro atoms. The first-order chi connectivity index (χ1) is 14.9. The largest absolute Gasteiger partial charge is 0.483 e. The van der Waals surface area contributed by atoms with E-state index in [2.05, 4.69) is 43.2 Å². The summed E-state index contributed by atoms with van der Waals surface area (Å²) >= 11 is 18.7. The van der Waals surface area contributed by atoms with Crippen molar-refractivity contribution in [2.75, 3.05) is 11.9 Å². The molecule has 3 rings (SSSR count). The molecule has 1 N–H and O–H groups in total. The highest BCUT2D eigenvalue weighted by atomic mass is 79.9. The molecular formula is C23H14Br2Cl2N2O2. The van der Waals surface area contributed by atoms with Crippen molar-refractivity contribution in [3.8, 4) is 11.8 Å². The molecule has 8 heteroatoms. The average molecular weight is 581 g/mol. The van der Waals surface area contributed by atoms with Crippen molar-refractivity contribution < 1.29 is 9.53 Å². The van der Waals surface area contributed by atoms with Crippen molar-refractivity contribution in [3.05, 3.63) is 90.8 Å². The Morgan fingerprint density at radius 3 is 2.42 bits per heavy atom. The van der Waals surface area contributed by atoms with Gasteiger partial charge in [-0.1, -0.05) is 57.3 Å². The molecule has 0 heterocycles. The minimum absolute atomic E-state index is 0.184. The van der Waals surface area contributed by atoms with Crippen molar-refractivity contribution in [1.29, 1.82) is 5.26 Å². The number of halogens is 4. The fourth-order valence-corrected chi connectivity index (χ4v) is 3.69. The number of allylic oxidation sites excluding steroid dienone is 1. The Morgan fingerprint density at radius 2 is 1.77 bits per heavy atom. The zero-order valence-corrected chi connectivity index (χ0v) is 20.5. The quantitative estimate of drug-likeness (QED) is 0.241. The highest BCUT2D eigenvalue weighted by molar-refractivity contribution is 9.10. The van der Waals surface area contributed by atoms with E-state index in [0.29, 0.717) is 31.5 Å². The third-order valence-electron chi connectivity index (χ3n) is 4.10. The Balaban J connectivity index is 1.66. The molecule has 4 nitrogen and oxygen atoms in total. The number of hydrogen-bond donors (Lipinski definition) is 1. The van der Waals surface area contributed by atoms with E-state index in [1.54, 1.807) is 30.3 Å². The van der Waals surface area contributed by atoms with E-state index in [-0.39, 0.29) is 12.5 Å². The predicted octanol–water partition coefficient (Wildman–Crippen LogP) is 7.60. The molecule has 0 unspecified atom stereocenters. The SMILES string of the molecule is N#C/C(=C\c1ccc(OCC(=O)Nc2ccc(Cl)c(Cl)c2)c(Br)c1)c1ccc(Br)cc1. The maximum Gasteiger partial charge on any atom is 0.262 e. The lowest BCUT2D eigenvalue weighted by atomic mass is 10.0. The van der Waals surface area contributed by atoms with Gasteiger partial charge in [0.25, 0.3) is 5.91 Å². The average Bonchev–Trinajstić information content (AvgIpc) is 2.75. The van der Waals surface area contributed by atoms with Gasteiger partial charge < -0.3 is 10.1 Å². The van der Waals surface area contributed by atoms with Gasteiger partial charge in [0.2, 0.25) is 0 Å². The van der Waals surface area contributed by atoms with Crippen molar-refractivity contribution in [2.24, 2.45) is 0 Å². The number of carbonyl (C=O) groups excluding carboxylic acids is 1. The van der Waals surface area contributed by atoms with Crippen LogP contribution in [0.15, 0.2) is 69.6 Å². The van der Waals surface area contributed by atoms with Crippen LogP contribution >= 0.6 is 55.1 Å². The van der Waals surface area contributed by atoms with Crippen LogP contribution in [0.2, 0.25) is 10.0 Å². The Morgan fingerprint density at radius 1 is 1.03 bits per heavy atom. The van der Waals surface area contributed by atoms with Gasteiger partial charge in [-0.2, -0.15) is 5.26 Å². The fourth-order valence-electron chi connectivity index (χ4n) is 2.61. The summed E-state index contributed by atoms with van der Waals surface area (Å²) < 4.78 is 7.21. The molecule has 0 radical (unpaired) electrons. The van der Waals surface area contributed by atoms with E-state index >= 15 is 0 Å². The Hall–Kier alpha value is -2.30. The first-order valence-corrected chi connectivity index (χ1v) is 11.2. The highest BCUT2D eigenvalue weighted by Crippen LogP contribution is 2.29. The summed E-state index contributed by atoms with van der Waals surface area (Å²) in [5.74, 6) is 0.167. The molecule has 0 atom stereocenters. The maximum atomic E-state index is 12.1. The van der Waals surface area contributed by atoms with Crippen LogP contribution in [0, 0.1) is 11.3 Å². The second-order valence-electron chi connectivity index (χ2n) is 6.33. The van der Waals surface area contributed by atoms with Crippen molar-refractivity contribution in [1.82, 2.24) is 0 Å². The third kappa shape index (κ3) is 6.59. The van der Waals surface area contributed by atoms with Crippen molar-refractivity contribution in [3.63, 3.8) is 0 Å². The van der Waals surface area contributed by atoms with Crippen LogP contribution in [-0.4, -0.2) is 12.5 Å². The number of nitrogens with one attached hydrogen (secondary N) is 1. The molecule has 156 valence electrons. The second kappa shape index (κ2) is 10.8. The molecular weight excluding hydrogens is 567 g/mol. The maximum absolute atomic E-state index is 12.1. The smallest absolute Gasteiger partial charge is 0.262 e. The zero-order chi connectivity index (χ0) is 22.4. The molecule has 0 saturated heterocycles. The Bertz CT molecular complexity index is 1190. The molecule has 3 aromatic carbocycles. The number of anilines is 1. The molecule has 0 aromatic heterocycles. The summed E-state index contributed by atoms with van der Waals surface area (Å²) in [5, 5.41) is 13.0. The van der Waals surface area contributed by atoms with Crippen LogP contribution in [0.25, 0.3) is 11.6 Å². The van der Waals surface area contributed by atoms with Crippen LogP contribution < -0.4 is 10.1 Å². The number of amides is 1. The lowest BCUT2D eigenvalue weighted by Crippen LogP contribution is -2.20. The predicted molar refractivity (Wildman–Crippen MR) is 132 cm³/mol. The lowest BCUT2D eigenvalue weighted by molar-refractivity contribution is -0.118. The lowest BCUT2D eigenvalue weighted by Gasteiger charge is -2.10. The summed E-state index contributed by atoms with van der Waals surface area (Å²) in [6, 6.07) is 19.9. The van der Waals surface area contributed by atoms with Crippen LogP contribution in [0.4, 0.5) is 5.69 Å². The molecule has 0 saturated carbocycles. The van der Waals surface area contributed by atoms with Gasteiger partial charge in [-0.15, -0.1) is 0 Å². The first-order valence-electron chi connectivity index (χ1n) is 8.90. The fraction of sp³-hybridized carbons (Fsp3) is 0.0435. The Kier molecular flexibility index (Phi) is 8.16. The summed E-state index contributed by atoms with van der Waals surface area (Å²) in [7, 11) is 0. The van der Waals surface area contributed by atoms with Gasteiger partial charge in [0.15, 0.2) is 6.61 Å². The second-order valence-corrected chi connectivity index (χ2v) is 8.92. The standard InChI is InChI=1S/C23H14Br2Cl2N2O2/c24-17-4-2-15(3-5-17)16(12-28)9-14-1-8-22(19(25)10-14)31-13-23(30)29-18-6-7-20(26)21(27)11-18/h1-11H,13H2,(H,29,30)/b16-9+. The van der Waals surface area contributed by atoms with Gasteiger partial charge >= 0.3 is 0 Å². The van der Waals surface area contributed by atoms with E-state index in [1.165, 1.54) is 0 Å². The van der Waals surface area contributed by atoms with Crippen LogP contribution in [-0.2, 0) is 4.79 Å². The molecule has 0 aliphatic carbocycles. The van der Waals surface area contributed by atoms with E-state index in [0.717, 1.165) is 15.6 Å². The van der Waals surface area contributed by atoms with Crippen LogP contribution in [0.3, 0.4) is 0 Å². The first kappa shape index (κ1) is 23.4. The highest BCUT2D eigenvalue weighted by Gasteiger charge is 2.09. The molecule has 0 aliphatic rings. The minimum atomic E-state index is -0.337. The molecule has 0 aliphatic heterocycles. The van der Waals surface area contributed by atoms with Crippen LogP contribution in [0.1, 0.15) is 11.1 Å². The summed E-state index contributed by atoms with van der Waals surface area (Å²) in [5.41, 5.74) is 2.70. The van der Waals surface area contributed by atoms with E-state index in [1.807, 2.05) is 36.4 Å². The van der Waals surface area contributed by atoms with E-state index in [4.69, 9.17) is 27.9 Å². The summed E-state index contributed by atoms with van der Waals surface area (Å²) in [6.45, 7) is -0.184. The number of rotatable bonds is 6. The number of benzene rings is 3. The number of hydrogen-bond acceptors (Lipinski definition) is 3. The minimum Gasteiger partial charge on any atom is -0.483 e. The molecule has 3 aromatic rings. The van der Waals surface area contributed by atoms with Gasteiger partial charge in [-0.25, -0.2) is 0 Å². The van der Waals surface area contributed by atoms with Crippen molar-refractivity contribution in [2.45, 2.75) is 0 Å².